The third-order valence-electron chi connectivity index (χ3n) is 3.71. The molecule has 0 fully saturated rings. The lowest BCUT2D eigenvalue weighted by atomic mass is 9.89. The Bertz CT molecular complexity index is 423. The largest absolute Gasteiger partial charge is 0.300 e. The van der Waals surface area contributed by atoms with Crippen LogP contribution in [0.2, 0.25) is 0 Å². The second-order valence-corrected chi connectivity index (χ2v) is 5.85. The number of hydrogen-bond acceptors (Lipinski definition) is 1. The smallest absolute Gasteiger partial charge is 0.132 e. The van der Waals surface area contributed by atoms with E-state index in [4.69, 9.17) is 0 Å². The van der Waals surface area contributed by atoms with Crippen LogP contribution in [0, 0.1) is 13.8 Å². The average Bonchev–Trinajstić information content (AvgIpc) is 2.35. The van der Waals surface area contributed by atoms with Crippen molar-refractivity contribution >= 4 is 21.7 Å². The zero-order valence-electron chi connectivity index (χ0n) is 11.8. The van der Waals surface area contributed by atoms with Gasteiger partial charge in [-0.3, -0.25) is 4.79 Å². The summed E-state index contributed by atoms with van der Waals surface area (Å²) in [7, 11) is 0. The number of carbonyl (C=O) groups excluding carboxylic acids is 1. The third kappa shape index (κ3) is 3.94. The van der Waals surface area contributed by atoms with Gasteiger partial charge in [0.05, 0.1) is 0 Å². The summed E-state index contributed by atoms with van der Waals surface area (Å²) in [4.78, 5) is 11.5. The molecule has 0 N–H and O–H groups in total. The molecule has 0 spiro atoms. The Labute approximate surface area is 119 Å². The van der Waals surface area contributed by atoms with Crippen LogP contribution < -0.4 is 0 Å². The highest BCUT2D eigenvalue weighted by atomic mass is 79.9. The number of rotatable bonds is 6. The van der Waals surface area contributed by atoms with E-state index in [0.29, 0.717) is 24.5 Å². The summed E-state index contributed by atoms with van der Waals surface area (Å²) in [6.07, 6.45) is 3.40. The Morgan fingerprint density at radius 1 is 1.22 bits per heavy atom. The Morgan fingerprint density at radius 2 is 1.83 bits per heavy atom. The van der Waals surface area contributed by atoms with Crippen molar-refractivity contribution in [2.45, 2.75) is 59.3 Å². The zero-order valence-corrected chi connectivity index (χ0v) is 13.4. The highest BCUT2D eigenvalue weighted by molar-refractivity contribution is 9.10. The van der Waals surface area contributed by atoms with Crippen LogP contribution in [0.4, 0.5) is 0 Å². The molecule has 1 unspecified atom stereocenters. The molecular weight excluding hydrogens is 288 g/mol. The molecule has 0 saturated carbocycles. The molecule has 0 aromatic heterocycles. The van der Waals surface area contributed by atoms with Crippen molar-refractivity contribution in [3.05, 3.63) is 33.3 Å². The summed E-state index contributed by atoms with van der Waals surface area (Å²) >= 11 is 3.66. The predicted molar refractivity (Wildman–Crippen MR) is 81.2 cm³/mol. The number of carbonyl (C=O) groups is 1. The van der Waals surface area contributed by atoms with Crippen LogP contribution in [0.3, 0.4) is 0 Å². The molecule has 0 aliphatic rings. The van der Waals surface area contributed by atoms with Crippen molar-refractivity contribution in [3.63, 3.8) is 0 Å². The van der Waals surface area contributed by atoms with E-state index in [9.17, 15) is 4.79 Å². The molecule has 0 aliphatic heterocycles. The van der Waals surface area contributed by atoms with Gasteiger partial charge in [-0.05, 0) is 55.4 Å². The van der Waals surface area contributed by atoms with E-state index >= 15 is 0 Å². The maximum atomic E-state index is 11.5. The Morgan fingerprint density at radius 3 is 2.39 bits per heavy atom. The van der Waals surface area contributed by atoms with E-state index in [1.54, 1.807) is 0 Å². The van der Waals surface area contributed by atoms with Gasteiger partial charge in [0.1, 0.15) is 5.78 Å². The fourth-order valence-corrected chi connectivity index (χ4v) is 2.99. The molecular formula is C16H23BrO. The molecule has 0 saturated heterocycles. The molecule has 0 bridgehead atoms. The second-order valence-electron chi connectivity index (χ2n) is 4.99. The molecule has 0 heterocycles. The summed E-state index contributed by atoms with van der Waals surface area (Å²) in [6, 6.07) is 4.46. The first-order chi connectivity index (χ1) is 8.49. The van der Waals surface area contributed by atoms with Gasteiger partial charge in [-0.15, -0.1) is 0 Å². The van der Waals surface area contributed by atoms with E-state index in [1.165, 1.54) is 21.2 Å². The molecule has 18 heavy (non-hydrogen) atoms. The third-order valence-corrected chi connectivity index (χ3v) is 4.40. The lowest BCUT2D eigenvalue weighted by Gasteiger charge is -2.18. The average molecular weight is 311 g/mol. The highest BCUT2D eigenvalue weighted by Gasteiger charge is 2.15. The van der Waals surface area contributed by atoms with Crippen molar-refractivity contribution in [1.29, 1.82) is 0 Å². The fraction of sp³-hybridized carbons (Fsp3) is 0.562. The van der Waals surface area contributed by atoms with Crippen molar-refractivity contribution in [3.8, 4) is 0 Å². The zero-order chi connectivity index (χ0) is 13.7. The molecule has 1 rings (SSSR count). The summed E-state index contributed by atoms with van der Waals surface area (Å²) in [5, 5.41) is 0. The number of halogens is 1. The van der Waals surface area contributed by atoms with Gasteiger partial charge in [-0.1, -0.05) is 35.8 Å². The van der Waals surface area contributed by atoms with E-state index < -0.39 is 0 Å². The minimum atomic E-state index is 0.369. The quantitative estimate of drug-likeness (QED) is 0.695. The maximum absolute atomic E-state index is 11.5. The van der Waals surface area contributed by atoms with Crippen LogP contribution in [0.15, 0.2) is 16.6 Å². The molecule has 0 aliphatic carbocycles. The number of aryl methyl sites for hydroxylation is 2. The van der Waals surface area contributed by atoms with Gasteiger partial charge in [0.2, 0.25) is 0 Å². The first-order valence-electron chi connectivity index (χ1n) is 6.77. The molecule has 100 valence electrons. The summed E-state index contributed by atoms with van der Waals surface area (Å²) in [5.74, 6) is 0.850. The monoisotopic (exact) mass is 310 g/mol. The van der Waals surface area contributed by atoms with Gasteiger partial charge in [0, 0.05) is 17.3 Å². The first kappa shape index (κ1) is 15.4. The number of hydrogen-bond donors (Lipinski definition) is 0. The maximum Gasteiger partial charge on any atom is 0.132 e. The Kier molecular flexibility index (Phi) is 6.07. The molecule has 1 atom stereocenters. The topological polar surface area (TPSA) is 17.1 Å². The van der Waals surface area contributed by atoms with Crippen molar-refractivity contribution < 1.29 is 4.79 Å². The van der Waals surface area contributed by atoms with Crippen LogP contribution in [0.1, 0.15) is 62.1 Å². The van der Waals surface area contributed by atoms with Crippen LogP contribution in [-0.4, -0.2) is 5.78 Å². The number of Topliss-reactive ketones (excluding diaryl/α,β-unsaturated/α-hetero) is 1. The minimum absolute atomic E-state index is 0.369. The van der Waals surface area contributed by atoms with Crippen LogP contribution >= 0.6 is 15.9 Å². The molecule has 0 radical (unpaired) electrons. The van der Waals surface area contributed by atoms with Crippen molar-refractivity contribution in [2.24, 2.45) is 0 Å². The molecule has 2 heteroatoms. The number of ketones is 1. The van der Waals surface area contributed by atoms with Gasteiger partial charge in [-0.25, -0.2) is 0 Å². The van der Waals surface area contributed by atoms with Gasteiger partial charge in [-0.2, -0.15) is 0 Å². The van der Waals surface area contributed by atoms with E-state index in [1.807, 2.05) is 6.92 Å². The lowest BCUT2D eigenvalue weighted by molar-refractivity contribution is -0.118. The standard InChI is InChI=1S/C16H23BrO/c1-5-13(7-8-14(18)6-2)15-9-11(3)12(4)10-16(15)17/h9-10,13H,5-8H2,1-4H3. The second kappa shape index (κ2) is 7.08. The Balaban J connectivity index is 2.88. The van der Waals surface area contributed by atoms with E-state index in [0.717, 1.165) is 12.8 Å². The van der Waals surface area contributed by atoms with Crippen LogP contribution in [0.25, 0.3) is 0 Å². The van der Waals surface area contributed by atoms with Crippen molar-refractivity contribution in [2.75, 3.05) is 0 Å². The van der Waals surface area contributed by atoms with Crippen molar-refractivity contribution in [1.82, 2.24) is 0 Å². The molecule has 0 amide bonds. The normalized spacial score (nSPS) is 12.5. The highest BCUT2D eigenvalue weighted by Crippen LogP contribution is 2.33. The SMILES string of the molecule is CCC(=O)CCC(CC)c1cc(C)c(C)cc1Br. The molecule has 1 aromatic carbocycles. The van der Waals surface area contributed by atoms with E-state index in [2.05, 4.69) is 48.8 Å². The first-order valence-corrected chi connectivity index (χ1v) is 7.57. The van der Waals surface area contributed by atoms with Crippen LogP contribution in [-0.2, 0) is 4.79 Å². The van der Waals surface area contributed by atoms with Gasteiger partial charge in [0.15, 0.2) is 0 Å². The summed E-state index contributed by atoms with van der Waals surface area (Å²) in [6.45, 7) is 8.42. The van der Waals surface area contributed by atoms with Crippen LogP contribution in [0.5, 0.6) is 0 Å². The number of benzene rings is 1. The Hall–Kier alpha value is -0.630. The van der Waals surface area contributed by atoms with Gasteiger partial charge >= 0.3 is 0 Å². The van der Waals surface area contributed by atoms with E-state index in [-0.39, 0.29) is 0 Å². The molecule has 1 nitrogen and oxygen atoms in total. The van der Waals surface area contributed by atoms with Gasteiger partial charge in [0.25, 0.3) is 0 Å². The molecule has 1 aromatic rings. The van der Waals surface area contributed by atoms with Gasteiger partial charge < -0.3 is 0 Å². The lowest BCUT2D eigenvalue weighted by Crippen LogP contribution is -2.04. The minimum Gasteiger partial charge on any atom is -0.300 e. The summed E-state index contributed by atoms with van der Waals surface area (Å²) in [5.41, 5.74) is 3.99. The fourth-order valence-electron chi connectivity index (χ4n) is 2.21. The predicted octanol–water partition coefficient (Wildman–Crippen LogP) is 5.32. The summed E-state index contributed by atoms with van der Waals surface area (Å²) < 4.78 is 1.18.